The predicted molar refractivity (Wildman–Crippen MR) is 212 cm³/mol. The fourth-order valence-corrected chi connectivity index (χ4v) is 7.65. The molecule has 4 aromatic heterocycles. The van der Waals surface area contributed by atoms with E-state index >= 15 is 0 Å². The van der Waals surface area contributed by atoms with E-state index in [-0.39, 0.29) is 0 Å². The molecule has 0 spiro atoms. The Labute approximate surface area is 303 Å². The average molecular weight is 681 g/mol. The number of fused-ring (bicyclic) bond motifs is 9. The van der Waals surface area contributed by atoms with Crippen molar-refractivity contribution in [1.29, 1.82) is 0 Å². The van der Waals surface area contributed by atoms with Crippen molar-refractivity contribution in [2.24, 2.45) is 0 Å². The molecular weight excluding hydrogens is 653 g/mol. The zero-order chi connectivity index (χ0) is 34.9. The maximum absolute atomic E-state index is 6.97. The standard InChI is InChI=1S/C46H28N6O/c1-5-15-29(16-6-1)43-48-44(30-17-7-2-8-18-30)50-46(49-43)52-37-24-14-13-23-33(37)34-25-26-35-39-38(53-42(35)40(34)52)28-27-36-41(39)51(32-21-11-4-12-22-32)45(47-36)31-19-9-3-10-20-31/h1-28H. The van der Waals surface area contributed by atoms with Gasteiger partial charge < -0.3 is 4.42 Å². The first kappa shape index (κ1) is 29.4. The molecule has 0 atom stereocenters. The Bertz CT molecular complexity index is 3090. The van der Waals surface area contributed by atoms with Crippen LogP contribution in [0.4, 0.5) is 0 Å². The van der Waals surface area contributed by atoms with Crippen LogP contribution in [0, 0.1) is 0 Å². The molecule has 0 amide bonds. The van der Waals surface area contributed by atoms with E-state index in [1.807, 2.05) is 78.9 Å². The van der Waals surface area contributed by atoms with Gasteiger partial charge in [-0.3, -0.25) is 9.13 Å². The third-order valence-corrected chi connectivity index (χ3v) is 9.99. The molecule has 11 aromatic rings. The van der Waals surface area contributed by atoms with Crippen molar-refractivity contribution >= 4 is 54.8 Å². The Balaban J connectivity index is 1.27. The van der Waals surface area contributed by atoms with Crippen LogP contribution in [0.5, 0.6) is 0 Å². The van der Waals surface area contributed by atoms with Crippen molar-refractivity contribution in [2.45, 2.75) is 0 Å². The molecule has 0 saturated carbocycles. The van der Waals surface area contributed by atoms with Crippen molar-refractivity contribution < 1.29 is 4.42 Å². The molecule has 53 heavy (non-hydrogen) atoms. The van der Waals surface area contributed by atoms with Gasteiger partial charge in [0.15, 0.2) is 17.2 Å². The summed E-state index contributed by atoms with van der Waals surface area (Å²) < 4.78 is 11.4. The van der Waals surface area contributed by atoms with E-state index in [4.69, 9.17) is 24.4 Å². The first-order valence-corrected chi connectivity index (χ1v) is 17.6. The van der Waals surface area contributed by atoms with Gasteiger partial charge >= 0.3 is 0 Å². The van der Waals surface area contributed by atoms with Crippen molar-refractivity contribution in [3.63, 3.8) is 0 Å². The number of benzene rings is 7. The van der Waals surface area contributed by atoms with E-state index < -0.39 is 0 Å². The molecule has 0 radical (unpaired) electrons. The highest BCUT2D eigenvalue weighted by Crippen LogP contribution is 2.43. The van der Waals surface area contributed by atoms with Gasteiger partial charge in [0.05, 0.1) is 21.9 Å². The molecule has 7 aromatic carbocycles. The van der Waals surface area contributed by atoms with Crippen LogP contribution in [0.2, 0.25) is 0 Å². The van der Waals surface area contributed by atoms with Gasteiger partial charge in [-0.2, -0.15) is 9.97 Å². The second-order valence-electron chi connectivity index (χ2n) is 13.1. The maximum atomic E-state index is 6.97. The second-order valence-corrected chi connectivity index (χ2v) is 13.1. The molecule has 0 saturated heterocycles. The minimum Gasteiger partial charge on any atom is -0.454 e. The van der Waals surface area contributed by atoms with Crippen LogP contribution in [0.15, 0.2) is 174 Å². The summed E-state index contributed by atoms with van der Waals surface area (Å²) in [5.74, 6) is 2.58. The highest BCUT2D eigenvalue weighted by atomic mass is 16.3. The highest BCUT2D eigenvalue weighted by Gasteiger charge is 2.25. The fourth-order valence-electron chi connectivity index (χ4n) is 7.65. The number of nitrogens with zero attached hydrogens (tertiary/aromatic N) is 6. The summed E-state index contributed by atoms with van der Waals surface area (Å²) in [5, 5.41) is 4.12. The lowest BCUT2D eigenvalue weighted by Gasteiger charge is -2.11. The number of furan rings is 1. The Kier molecular flexibility index (Phi) is 6.42. The Morgan fingerprint density at radius 2 is 1.00 bits per heavy atom. The normalized spacial score (nSPS) is 11.8. The minimum absolute atomic E-state index is 0.516. The van der Waals surface area contributed by atoms with E-state index in [2.05, 4.69) is 100 Å². The average Bonchev–Trinajstić information content (AvgIpc) is 3.92. The second kappa shape index (κ2) is 11.6. The van der Waals surface area contributed by atoms with Gasteiger partial charge in [-0.25, -0.2) is 9.97 Å². The lowest BCUT2D eigenvalue weighted by atomic mass is 10.1. The van der Waals surface area contributed by atoms with Gasteiger partial charge in [0.25, 0.3) is 0 Å². The van der Waals surface area contributed by atoms with Gasteiger partial charge in [-0.15, -0.1) is 0 Å². The molecule has 0 aliphatic carbocycles. The first-order chi connectivity index (χ1) is 26.3. The molecule has 11 rings (SSSR count). The monoisotopic (exact) mass is 680 g/mol. The fraction of sp³-hybridized carbons (Fsp3) is 0. The van der Waals surface area contributed by atoms with Gasteiger partial charge in [-0.1, -0.05) is 133 Å². The number of para-hydroxylation sites is 2. The van der Waals surface area contributed by atoms with Crippen molar-refractivity contribution in [3.05, 3.63) is 170 Å². The molecule has 0 aliphatic rings. The molecule has 0 bridgehead atoms. The quantitative estimate of drug-likeness (QED) is 0.181. The zero-order valence-electron chi connectivity index (χ0n) is 28.3. The van der Waals surface area contributed by atoms with Crippen LogP contribution in [-0.4, -0.2) is 29.1 Å². The molecular formula is C46H28N6O. The molecule has 0 unspecified atom stereocenters. The number of aromatic nitrogens is 6. The van der Waals surface area contributed by atoms with Gasteiger partial charge in [0.1, 0.15) is 16.9 Å². The van der Waals surface area contributed by atoms with Gasteiger partial charge in [0, 0.05) is 38.5 Å². The van der Waals surface area contributed by atoms with Crippen LogP contribution < -0.4 is 0 Å². The molecule has 0 N–H and O–H groups in total. The van der Waals surface area contributed by atoms with E-state index in [9.17, 15) is 0 Å². The van der Waals surface area contributed by atoms with Crippen LogP contribution in [-0.2, 0) is 0 Å². The molecule has 7 heteroatoms. The lowest BCUT2D eigenvalue weighted by Crippen LogP contribution is -2.06. The molecule has 4 heterocycles. The summed E-state index contributed by atoms with van der Waals surface area (Å²) >= 11 is 0. The van der Waals surface area contributed by atoms with Crippen LogP contribution >= 0.6 is 0 Å². The third-order valence-electron chi connectivity index (χ3n) is 9.99. The van der Waals surface area contributed by atoms with Gasteiger partial charge in [-0.05, 0) is 36.4 Å². The predicted octanol–water partition coefficient (Wildman–Crippen LogP) is 11.2. The summed E-state index contributed by atoms with van der Waals surface area (Å²) in [6, 6.07) is 57.8. The van der Waals surface area contributed by atoms with E-state index in [0.717, 1.165) is 83.0 Å². The van der Waals surface area contributed by atoms with Crippen LogP contribution in [0.25, 0.3) is 101 Å². The smallest absolute Gasteiger partial charge is 0.238 e. The summed E-state index contributed by atoms with van der Waals surface area (Å²) in [6.07, 6.45) is 0. The Morgan fingerprint density at radius 1 is 0.415 bits per heavy atom. The summed E-state index contributed by atoms with van der Waals surface area (Å²) in [6.45, 7) is 0. The number of imidazole rings is 1. The largest absolute Gasteiger partial charge is 0.454 e. The summed E-state index contributed by atoms with van der Waals surface area (Å²) in [7, 11) is 0. The van der Waals surface area contributed by atoms with E-state index in [0.29, 0.717) is 17.6 Å². The third kappa shape index (κ3) is 4.54. The van der Waals surface area contributed by atoms with Gasteiger partial charge in [0.2, 0.25) is 5.95 Å². The van der Waals surface area contributed by atoms with Crippen LogP contribution in [0.1, 0.15) is 0 Å². The lowest BCUT2D eigenvalue weighted by molar-refractivity contribution is 0.671. The number of rotatable bonds is 5. The zero-order valence-corrected chi connectivity index (χ0v) is 28.3. The number of hydrogen-bond donors (Lipinski definition) is 0. The molecule has 0 fully saturated rings. The highest BCUT2D eigenvalue weighted by molar-refractivity contribution is 6.25. The topological polar surface area (TPSA) is 74.6 Å². The number of hydrogen-bond acceptors (Lipinski definition) is 5. The summed E-state index contributed by atoms with van der Waals surface area (Å²) in [5.41, 5.74) is 9.17. The van der Waals surface area contributed by atoms with E-state index in [1.54, 1.807) is 0 Å². The minimum atomic E-state index is 0.516. The molecule has 7 nitrogen and oxygen atoms in total. The maximum Gasteiger partial charge on any atom is 0.238 e. The van der Waals surface area contributed by atoms with Crippen molar-refractivity contribution in [1.82, 2.24) is 29.1 Å². The van der Waals surface area contributed by atoms with Crippen LogP contribution in [0.3, 0.4) is 0 Å². The van der Waals surface area contributed by atoms with Crippen molar-refractivity contribution in [2.75, 3.05) is 0 Å². The first-order valence-electron chi connectivity index (χ1n) is 17.6. The molecule has 0 aliphatic heterocycles. The van der Waals surface area contributed by atoms with Crippen molar-refractivity contribution in [3.8, 4) is 45.8 Å². The van der Waals surface area contributed by atoms with E-state index in [1.165, 1.54) is 0 Å². The Morgan fingerprint density at radius 3 is 1.68 bits per heavy atom. The Hall–Kier alpha value is -7.38. The molecule has 248 valence electrons. The SMILES string of the molecule is c1ccc(-c2nc(-c3ccccc3)nc(-n3c4ccccc4c4ccc5c(oc6ccc7nc(-c8ccccc8)n(-c8ccccc8)c7c65)c43)n2)cc1. The summed E-state index contributed by atoms with van der Waals surface area (Å²) in [4.78, 5) is 20.5.